The van der Waals surface area contributed by atoms with Crippen molar-refractivity contribution in [3.05, 3.63) is 58.7 Å². The van der Waals surface area contributed by atoms with Gasteiger partial charge in [-0.25, -0.2) is 0 Å². The summed E-state index contributed by atoms with van der Waals surface area (Å²) >= 11 is 0. The van der Waals surface area contributed by atoms with Crippen molar-refractivity contribution in [2.24, 2.45) is 20.6 Å². The van der Waals surface area contributed by atoms with Gasteiger partial charge in [0, 0.05) is 37.1 Å². The molecule has 10 nitrogen and oxygen atoms in total. The minimum atomic E-state index is 0.274. The molecular weight excluding hydrogens is 520 g/mol. The van der Waals surface area contributed by atoms with Gasteiger partial charge in [0.05, 0.1) is 0 Å². The number of hydrogen-bond donors (Lipinski definition) is 4. The van der Waals surface area contributed by atoms with Crippen LogP contribution in [0.25, 0.3) is 11.1 Å². The molecule has 0 bridgehead atoms. The van der Waals surface area contributed by atoms with Crippen LogP contribution in [0.3, 0.4) is 0 Å². The van der Waals surface area contributed by atoms with Crippen LogP contribution in [0.15, 0.2) is 57.0 Å². The first kappa shape index (κ1) is 28.8. The molecule has 41 heavy (non-hydrogen) atoms. The van der Waals surface area contributed by atoms with Crippen molar-refractivity contribution in [3.63, 3.8) is 0 Å². The maximum absolute atomic E-state index is 9.88. The van der Waals surface area contributed by atoms with E-state index in [9.17, 15) is 20.8 Å². The summed E-state index contributed by atoms with van der Waals surface area (Å²) in [7, 11) is 0. The Morgan fingerprint density at radius 1 is 0.561 bits per heavy atom. The fourth-order valence-corrected chi connectivity index (χ4v) is 6.39. The summed E-state index contributed by atoms with van der Waals surface area (Å²) in [5, 5.41) is 53.3. The van der Waals surface area contributed by atoms with E-state index in [1.165, 1.54) is 38.5 Å². The molecule has 10 heteroatoms. The van der Waals surface area contributed by atoms with Crippen molar-refractivity contribution < 1.29 is 20.8 Å². The number of hydrogen-bond acceptors (Lipinski definition) is 10. The second-order valence-corrected chi connectivity index (χ2v) is 11.2. The van der Waals surface area contributed by atoms with Gasteiger partial charge >= 0.3 is 0 Å². The molecule has 4 N–H and O–H groups in total. The second-order valence-electron chi connectivity index (χ2n) is 11.2. The topological polar surface area (TPSA) is 137 Å². The number of likely N-dealkylation sites (tertiary alicyclic amines) is 2. The molecule has 0 atom stereocenters. The van der Waals surface area contributed by atoms with Gasteiger partial charge in [0.1, 0.15) is 22.8 Å². The summed E-state index contributed by atoms with van der Waals surface area (Å²) < 4.78 is 0. The maximum atomic E-state index is 9.88. The van der Waals surface area contributed by atoms with E-state index < -0.39 is 0 Å². The third kappa shape index (κ3) is 6.60. The molecule has 1 aliphatic carbocycles. The van der Waals surface area contributed by atoms with Crippen molar-refractivity contribution in [2.45, 2.75) is 57.8 Å². The van der Waals surface area contributed by atoms with E-state index >= 15 is 0 Å². The lowest BCUT2D eigenvalue weighted by atomic mass is 9.97. The zero-order valence-corrected chi connectivity index (χ0v) is 23.5. The molecule has 0 amide bonds. The monoisotopic (exact) mass is 560 g/mol. The SMILES string of the molecule is O/N=C(CCN1CCCCC1)/C(=N/O)c1ccc2c(c1)Cc1cc(C(=N\O)/C(CCN3CCCCC3)=N/O)ccc1-2. The molecule has 3 aliphatic rings. The van der Waals surface area contributed by atoms with Crippen molar-refractivity contribution in [2.75, 3.05) is 39.3 Å². The summed E-state index contributed by atoms with van der Waals surface area (Å²) in [5.41, 5.74) is 6.93. The van der Waals surface area contributed by atoms with E-state index in [2.05, 4.69) is 30.4 Å². The zero-order chi connectivity index (χ0) is 28.6. The van der Waals surface area contributed by atoms with Gasteiger partial charge < -0.3 is 30.6 Å². The predicted octanol–water partition coefficient (Wildman–Crippen LogP) is 5.03. The first-order valence-corrected chi connectivity index (χ1v) is 14.7. The van der Waals surface area contributed by atoms with Crippen LogP contribution < -0.4 is 0 Å². The quantitative estimate of drug-likeness (QED) is 0.156. The highest BCUT2D eigenvalue weighted by Gasteiger charge is 2.24. The standard InChI is InChI=1S/C31H40N6O4/c38-32-28(11-17-36-13-3-1-4-14-36)30(34-40)22-7-9-26-24(19-22)21-25-20-23(8-10-27(25)26)31(35-41)29(33-39)12-18-37-15-5-2-6-16-37/h7-10,19-20,38-41H,1-6,11-18,21H2/b32-28+,33-29+,34-30+,35-31+. The van der Waals surface area contributed by atoms with Crippen molar-refractivity contribution in [1.29, 1.82) is 0 Å². The van der Waals surface area contributed by atoms with Gasteiger partial charge in [-0.3, -0.25) is 0 Å². The third-order valence-corrected chi connectivity index (χ3v) is 8.64. The van der Waals surface area contributed by atoms with Gasteiger partial charge in [-0.15, -0.1) is 0 Å². The third-order valence-electron chi connectivity index (χ3n) is 8.64. The minimum absolute atomic E-state index is 0.274. The van der Waals surface area contributed by atoms with Gasteiger partial charge in [-0.05, 0) is 92.7 Å². The lowest BCUT2D eigenvalue weighted by Crippen LogP contribution is -2.33. The summed E-state index contributed by atoms with van der Waals surface area (Å²) in [5.74, 6) is 0. The Kier molecular flexibility index (Phi) is 9.63. The highest BCUT2D eigenvalue weighted by Crippen LogP contribution is 2.38. The fraction of sp³-hybridized carbons (Fsp3) is 0.484. The van der Waals surface area contributed by atoms with Crippen LogP contribution in [-0.4, -0.2) is 92.7 Å². The molecule has 0 radical (unpaired) electrons. The van der Waals surface area contributed by atoms with Crippen LogP contribution >= 0.6 is 0 Å². The van der Waals surface area contributed by atoms with E-state index in [1.54, 1.807) is 0 Å². The van der Waals surface area contributed by atoms with Crippen LogP contribution in [0.1, 0.15) is 73.6 Å². The number of oxime groups is 4. The van der Waals surface area contributed by atoms with E-state index in [-0.39, 0.29) is 11.4 Å². The maximum Gasteiger partial charge on any atom is 0.134 e. The first-order valence-electron chi connectivity index (χ1n) is 14.7. The van der Waals surface area contributed by atoms with Crippen LogP contribution in [0.5, 0.6) is 0 Å². The van der Waals surface area contributed by atoms with Gasteiger partial charge in [0.15, 0.2) is 0 Å². The highest BCUT2D eigenvalue weighted by atomic mass is 16.4. The number of rotatable bonds is 10. The Balaban J connectivity index is 1.29. The Labute approximate surface area is 240 Å². The van der Waals surface area contributed by atoms with Crippen molar-refractivity contribution >= 4 is 22.8 Å². The Bertz CT molecular complexity index is 1240. The largest absolute Gasteiger partial charge is 0.411 e. The first-order chi connectivity index (χ1) is 20.1. The summed E-state index contributed by atoms with van der Waals surface area (Å²) in [6, 6.07) is 11.7. The summed E-state index contributed by atoms with van der Waals surface area (Å²) in [6.45, 7) is 5.66. The molecular formula is C31H40N6O4. The molecule has 2 aromatic rings. The van der Waals surface area contributed by atoms with Crippen LogP contribution in [-0.2, 0) is 6.42 Å². The number of nitrogens with zero attached hydrogens (tertiary/aromatic N) is 6. The molecule has 2 fully saturated rings. The highest BCUT2D eigenvalue weighted by molar-refractivity contribution is 6.48. The summed E-state index contributed by atoms with van der Waals surface area (Å²) in [4.78, 5) is 4.70. The minimum Gasteiger partial charge on any atom is -0.411 e. The molecule has 0 saturated carbocycles. The van der Waals surface area contributed by atoms with Crippen molar-refractivity contribution in [3.8, 4) is 11.1 Å². The lowest BCUT2D eigenvalue weighted by Gasteiger charge is -2.26. The summed E-state index contributed by atoms with van der Waals surface area (Å²) in [6.07, 6.45) is 8.85. The Morgan fingerprint density at radius 3 is 1.34 bits per heavy atom. The average Bonchev–Trinajstić information content (AvgIpc) is 3.39. The molecule has 2 aromatic carbocycles. The Morgan fingerprint density at radius 2 is 0.976 bits per heavy atom. The van der Waals surface area contributed by atoms with E-state index in [4.69, 9.17) is 0 Å². The number of benzene rings is 2. The van der Waals surface area contributed by atoms with Crippen LogP contribution in [0.2, 0.25) is 0 Å². The molecule has 2 saturated heterocycles. The van der Waals surface area contributed by atoms with Gasteiger partial charge in [-0.1, -0.05) is 57.7 Å². The molecule has 0 unspecified atom stereocenters. The fourth-order valence-electron chi connectivity index (χ4n) is 6.39. The van der Waals surface area contributed by atoms with Gasteiger partial charge in [0.2, 0.25) is 0 Å². The van der Waals surface area contributed by atoms with E-state index in [1.807, 2.05) is 36.4 Å². The van der Waals surface area contributed by atoms with Crippen LogP contribution in [0.4, 0.5) is 0 Å². The second kappa shape index (κ2) is 13.7. The van der Waals surface area contributed by atoms with Gasteiger partial charge in [0.25, 0.3) is 0 Å². The lowest BCUT2D eigenvalue weighted by molar-refractivity contribution is 0.234. The van der Waals surface area contributed by atoms with Crippen LogP contribution in [0, 0.1) is 0 Å². The normalized spacial score (nSPS) is 19.3. The van der Waals surface area contributed by atoms with E-state index in [0.29, 0.717) is 41.8 Å². The molecule has 0 spiro atoms. The zero-order valence-electron chi connectivity index (χ0n) is 23.5. The predicted molar refractivity (Wildman–Crippen MR) is 160 cm³/mol. The molecule has 2 heterocycles. The van der Waals surface area contributed by atoms with E-state index in [0.717, 1.165) is 61.5 Å². The molecule has 5 rings (SSSR count). The average molecular weight is 561 g/mol. The molecule has 2 aliphatic heterocycles. The smallest absolute Gasteiger partial charge is 0.134 e. The number of fused-ring (bicyclic) bond motifs is 3. The Hall–Kier alpha value is -3.76. The van der Waals surface area contributed by atoms with Crippen molar-refractivity contribution in [1.82, 2.24) is 9.80 Å². The molecule has 218 valence electrons. The number of piperidine rings is 2. The molecule has 0 aromatic heterocycles. The van der Waals surface area contributed by atoms with Gasteiger partial charge in [-0.2, -0.15) is 0 Å².